The zero-order chi connectivity index (χ0) is 26.7. The number of halogens is 2. The Balaban J connectivity index is 1.16. The first-order valence-corrected chi connectivity index (χ1v) is 13.8. The number of ether oxygens (including phenoxy) is 3. The minimum Gasteiger partial charge on any atom is -0.494 e. The van der Waals surface area contributed by atoms with Crippen LogP contribution in [-0.4, -0.2) is 68.6 Å². The first-order valence-electron chi connectivity index (χ1n) is 13.0. The number of rotatable bonds is 12. The molecule has 1 aliphatic rings. The van der Waals surface area contributed by atoms with Crippen molar-refractivity contribution in [3.63, 3.8) is 0 Å². The van der Waals surface area contributed by atoms with E-state index in [4.69, 9.17) is 37.4 Å². The monoisotopic (exact) mass is 560 g/mol. The maximum Gasteiger partial charge on any atom is 0.410 e. The first-order chi connectivity index (χ1) is 18.5. The standard InChI is InChI=1S/C28H34Cl2N4O4/c1-2-12-31-28(35)38-20-37-26-11-9-21-8-10-22(19-24(21)32-26)36-18-4-3-13-33-14-16-34(17-15-33)25-7-5-6-23(29)27(25)30/h5-11,19H,2-4,12-18,20H2,1H3,(H,31,35). The van der Waals surface area contributed by atoms with Crippen molar-refractivity contribution in [2.75, 3.05) is 57.6 Å². The fourth-order valence-electron chi connectivity index (χ4n) is 4.25. The Hall–Kier alpha value is -2.94. The Morgan fingerprint density at radius 1 is 1.03 bits per heavy atom. The van der Waals surface area contributed by atoms with Crippen LogP contribution in [0.4, 0.5) is 10.5 Å². The summed E-state index contributed by atoms with van der Waals surface area (Å²) in [6.45, 7) is 7.88. The summed E-state index contributed by atoms with van der Waals surface area (Å²) in [7, 11) is 0. The molecule has 1 fully saturated rings. The molecule has 38 heavy (non-hydrogen) atoms. The minimum atomic E-state index is -0.506. The highest BCUT2D eigenvalue weighted by atomic mass is 35.5. The van der Waals surface area contributed by atoms with Crippen LogP contribution in [0.3, 0.4) is 0 Å². The van der Waals surface area contributed by atoms with E-state index in [9.17, 15) is 4.79 Å². The predicted octanol–water partition coefficient (Wildman–Crippen LogP) is 6.00. The molecule has 4 rings (SSSR count). The summed E-state index contributed by atoms with van der Waals surface area (Å²) in [6, 6.07) is 15.3. The number of carbonyl (C=O) groups excluding carboxylic acids is 1. The van der Waals surface area contributed by atoms with Gasteiger partial charge in [0.15, 0.2) is 0 Å². The summed E-state index contributed by atoms with van der Waals surface area (Å²) < 4.78 is 16.4. The van der Waals surface area contributed by atoms with Crippen LogP contribution in [0.5, 0.6) is 11.6 Å². The largest absolute Gasteiger partial charge is 0.494 e. The highest BCUT2D eigenvalue weighted by molar-refractivity contribution is 6.43. The fraction of sp³-hybridized carbons (Fsp3) is 0.429. The van der Waals surface area contributed by atoms with Crippen LogP contribution >= 0.6 is 23.2 Å². The summed E-state index contributed by atoms with van der Waals surface area (Å²) in [5.41, 5.74) is 1.77. The van der Waals surface area contributed by atoms with E-state index >= 15 is 0 Å². The number of nitrogens with one attached hydrogen (secondary N) is 1. The average Bonchev–Trinajstić information content (AvgIpc) is 2.93. The van der Waals surface area contributed by atoms with Gasteiger partial charge in [0, 0.05) is 50.2 Å². The van der Waals surface area contributed by atoms with Crippen LogP contribution in [0.1, 0.15) is 26.2 Å². The third-order valence-corrected chi connectivity index (χ3v) is 7.14. The summed E-state index contributed by atoms with van der Waals surface area (Å²) in [5, 5.41) is 4.83. The molecule has 204 valence electrons. The van der Waals surface area contributed by atoms with Crippen molar-refractivity contribution in [2.24, 2.45) is 0 Å². The molecule has 1 saturated heterocycles. The Morgan fingerprint density at radius 3 is 2.66 bits per heavy atom. The summed E-state index contributed by atoms with van der Waals surface area (Å²) >= 11 is 12.6. The molecule has 0 unspecified atom stereocenters. The van der Waals surface area contributed by atoms with Crippen molar-refractivity contribution in [3.05, 3.63) is 58.6 Å². The van der Waals surface area contributed by atoms with Gasteiger partial charge in [0.2, 0.25) is 12.7 Å². The molecule has 1 N–H and O–H groups in total. The van der Waals surface area contributed by atoms with E-state index in [1.54, 1.807) is 6.07 Å². The second kappa shape index (κ2) is 14.3. The highest BCUT2D eigenvalue weighted by Crippen LogP contribution is 2.33. The molecule has 1 aliphatic heterocycles. The quantitative estimate of drug-likeness (QED) is 0.215. The molecule has 2 aromatic carbocycles. The van der Waals surface area contributed by atoms with Crippen LogP contribution in [0.15, 0.2) is 48.5 Å². The Kier molecular flexibility index (Phi) is 10.6. The lowest BCUT2D eigenvalue weighted by Crippen LogP contribution is -2.46. The number of anilines is 1. The number of nitrogens with zero attached hydrogens (tertiary/aromatic N) is 3. The van der Waals surface area contributed by atoms with Crippen molar-refractivity contribution >= 4 is 45.9 Å². The number of hydrogen-bond acceptors (Lipinski definition) is 7. The number of benzene rings is 2. The molecule has 0 aliphatic carbocycles. The highest BCUT2D eigenvalue weighted by Gasteiger charge is 2.19. The third-order valence-electron chi connectivity index (χ3n) is 6.34. The van der Waals surface area contributed by atoms with E-state index < -0.39 is 6.09 Å². The van der Waals surface area contributed by atoms with Crippen molar-refractivity contribution in [2.45, 2.75) is 26.2 Å². The molecule has 0 atom stereocenters. The van der Waals surface area contributed by atoms with Crippen LogP contribution in [0.2, 0.25) is 10.0 Å². The van der Waals surface area contributed by atoms with E-state index in [1.807, 2.05) is 49.4 Å². The first kappa shape index (κ1) is 28.1. The summed E-state index contributed by atoms with van der Waals surface area (Å²) in [5.74, 6) is 1.15. The Bertz CT molecular complexity index is 1200. The molecule has 0 bridgehead atoms. The zero-order valence-electron chi connectivity index (χ0n) is 21.6. The van der Waals surface area contributed by atoms with Crippen molar-refractivity contribution in [1.82, 2.24) is 15.2 Å². The van der Waals surface area contributed by atoms with Gasteiger partial charge in [-0.1, -0.05) is 36.2 Å². The Morgan fingerprint density at radius 2 is 1.84 bits per heavy atom. The summed E-state index contributed by atoms with van der Waals surface area (Å²) in [4.78, 5) is 20.8. The SMILES string of the molecule is CCCNC(=O)OCOc1ccc2ccc(OCCCCN3CCN(c4cccc(Cl)c4Cl)CC3)cc2n1. The second-order valence-electron chi connectivity index (χ2n) is 9.08. The zero-order valence-corrected chi connectivity index (χ0v) is 23.1. The number of piperazine rings is 1. The molecular formula is C28H34Cl2N4O4. The van der Waals surface area contributed by atoms with Gasteiger partial charge in [-0.2, -0.15) is 0 Å². The average molecular weight is 562 g/mol. The van der Waals surface area contributed by atoms with Gasteiger partial charge in [0.25, 0.3) is 0 Å². The number of alkyl carbamates (subject to hydrolysis) is 1. The maximum atomic E-state index is 11.5. The van der Waals surface area contributed by atoms with Gasteiger partial charge in [-0.3, -0.25) is 4.90 Å². The number of hydrogen-bond donors (Lipinski definition) is 1. The van der Waals surface area contributed by atoms with Gasteiger partial charge in [-0.15, -0.1) is 0 Å². The van der Waals surface area contributed by atoms with Gasteiger partial charge in [-0.05, 0) is 56.1 Å². The normalized spacial score (nSPS) is 13.9. The molecule has 3 aromatic rings. The smallest absolute Gasteiger partial charge is 0.410 e. The molecule has 8 nitrogen and oxygen atoms in total. The van der Waals surface area contributed by atoms with Crippen LogP contribution < -0.4 is 19.7 Å². The lowest BCUT2D eigenvalue weighted by atomic mass is 10.2. The predicted molar refractivity (Wildman–Crippen MR) is 152 cm³/mol. The topological polar surface area (TPSA) is 76.2 Å². The van der Waals surface area contributed by atoms with Crippen LogP contribution in [-0.2, 0) is 4.74 Å². The van der Waals surface area contributed by atoms with Gasteiger partial charge in [-0.25, -0.2) is 9.78 Å². The molecule has 0 saturated carbocycles. The number of fused-ring (bicyclic) bond motifs is 1. The van der Waals surface area contributed by atoms with Crippen molar-refractivity contribution in [1.29, 1.82) is 0 Å². The van der Waals surface area contributed by atoms with Gasteiger partial charge >= 0.3 is 6.09 Å². The van der Waals surface area contributed by atoms with E-state index in [-0.39, 0.29) is 6.79 Å². The van der Waals surface area contributed by atoms with Gasteiger partial charge in [0.1, 0.15) is 5.75 Å². The third kappa shape index (κ3) is 8.03. The molecule has 0 radical (unpaired) electrons. The molecule has 0 spiro atoms. The van der Waals surface area contributed by atoms with Gasteiger partial charge < -0.3 is 24.4 Å². The Labute approximate surface area is 233 Å². The maximum absolute atomic E-state index is 11.5. The number of aromatic nitrogens is 1. The second-order valence-corrected chi connectivity index (χ2v) is 9.87. The lowest BCUT2D eigenvalue weighted by Gasteiger charge is -2.36. The molecule has 1 amide bonds. The van der Waals surface area contributed by atoms with E-state index in [0.717, 1.165) is 74.3 Å². The number of carbonyl (C=O) groups is 1. The van der Waals surface area contributed by atoms with E-state index in [0.29, 0.717) is 29.1 Å². The van der Waals surface area contributed by atoms with E-state index in [1.165, 1.54) is 0 Å². The minimum absolute atomic E-state index is 0.201. The van der Waals surface area contributed by atoms with Gasteiger partial charge in [0.05, 0.1) is 27.9 Å². The number of unbranched alkanes of at least 4 members (excludes halogenated alkanes) is 1. The van der Waals surface area contributed by atoms with E-state index in [2.05, 4.69) is 20.1 Å². The lowest BCUT2D eigenvalue weighted by molar-refractivity contribution is 0.0571. The molecule has 10 heteroatoms. The molecule has 1 aromatic heterocycles. The number of pyridine rings is 1. The van der Waals surface area contributed by atoms with Crippen molar-refractivity contribution in [3.8, 4) is 11.6 Å². The van der Waals surface area contributed by atoms with Crippen molar-refractivity contribution < 1.29 is 19.0 Å². The molecular weight excluding hydrogens is 527 g/mol. The summed E-state index contributed by atoms with van der Waals surface area (Å²) in [6.07, 6.45) is 2.36. The van der Waals surface area contributed by atoms with Crippen LogP contribution in [0.25, 0.3) is 10.9 Å². The fourth-order valence-corrected chi connectivity index (χ4v) is 4.66. The van der Waals surface area contributed by atoms with Crippen LogP contribution in [0, 0.1) is 0 Å². The molecule has 2 heterocycles. The number of amides is 1.